The number of carbonyl (C=O) groups excluding carboxylic acids is 1. The van der Waals surface area contributed by atoms with Crippen LogP contribution >= 0.6 is 39.1 Å². The lowest BCUT2D eigenvalue weighted by Gasteiger charge is -2.36. The smallest absolute Gasteiger partial charge is 0.267 e. The Hall–Kier alpha value is -1.52. The van der Waals surface area contributed by atoms with E-state index in [-0.39, 0.29) is 53.6 Å². The maximum atomic E-state index is 13.0. The lowest BCUT2D eigenvalue weighted by atomic mass is 10.2. The summed E-state index contributed by atoms with van der Waals surface area (Å²) < 4.78 is 39.3. The van der Waals surface area contributed by atoms with Crippen LogP contribution in [0.3, 0.4) is 0 Å². The predicted molar refractivity (Wildman–Crippen MR) is 116 cm³/mol. The molecule has 2 aromatic carbocycles. The topological polar surface area (TPSA) is 76.2 Å². The molecule has 4 rings (SSSR count). The first-order valence-electron chi connectivity index (χ1n) is 9.09. The Labute approximate surface area is 192 Å². The van der Waals surface area contributed by atoms with Crippen LogP contribution in [0, 0.1) is 0 Å². The number of ether oxygens (including phenoxy) is 2. The maximum absolute atomic E-state index is 13.0. The summed E-state index contributed by atoms with van der Waals surface area (Å²) in [7, 11) is -3.90. The molecule has 30 heavy (non-hydrogen) atoms. The largest absolute Gasteiger partial charge is 0.485 e. The van der Waals surface area contributed by atoms with E-state index >= 15 is 0 Å². The highest BCUT2D eigenvalue weighted by Crippen LogP contribution is 2.35. The maximum Gasteiger partial charge on any atom is 0.267 e. The fraction of sp³-hybridized carbons (Fsp3) is 0.316. The summed E-state index contributed by atoms with van der Waals surface area (Å²) in [5.41, 5.74) is 0. The van der Waals surface area contributed by atoms with E-state index in [4.69, 9.17) is 32.7 Å². The zero-order chi connectivity index (χ0) is 21.5. The molecule has 0 aliphatic carbocycles. The van der Waals surface area contributed by atoms with E-state index in [1.54, 1.807) is 23.1 Å². The fourth-order valence-electron chi connectivity index (χ4n) is 3.40. The third-order valence-electron chi connectivity index (χ3n) is 4.90. The van der Waals surface area contributed by atoms with Crippen LogP contribution in [0.1, 0.15) is 0 Å². The standard InChI is InChI=1S/C19H17BrCl2N2O5S/c20-12-9-13(21)18(14(22)10-12)30(26,27)24-7-5-23(6-8-24)19(25)17-11-28-15-3-1-2-4-16(15)29-17/h1-4,9-10,17H,5-8,11H2/t17-/m1/s1. The van der Waals surface area contributed by atoms with Crippen LogP contribution in [0.5, 0.6) is 11.5 Å². The number of benzene rings is 2. The molecule has 0 bridgehead atoms. The summed E-state index contributed by atoms with van der Waals surface area (Å²) in [5.74, 6) is 0.879. The van der Waals surface area contributed by atoms with Crippen molar-refractivity contribution in [2.24, 2.45) is 0 Å². The summed E-state index contributed by atoms with van der Waals surface area (Å²) >= 11 is 15.5. The molecule has 7 nitrogen and oxygen atoms in total. The van der Waals surface area contributed by atoms with Crippen molar-refractivity contribution >= 4 is 55.1 Å². The van der Waals surface area contributed by atoms with Crippen molar-refractivity contribution in [2.45, 2.75) is 11.0 Å². The van der Waals surface area contributed by atoms with Crippen LogP contribution in [0.15, 0.2) is 45.8 Å². The number of hydrogen-bond acceptors (Lipinski definition) is 5. The number of nitrogens with zero attached hydrogens (tertiary/aromatic N) is 2. The Bertz CT molecular complexity index is 1070. The van der Waals surface area contributed by atoms with Crippen LogP contribution in [-0.4, -0.2) is 62.4 Å². The molecular formula is C19H17BrCl2N2O5S. The average Bonchev–Trinajstić information content (AvgIpc) is 2.72. The minimum Gasteiger partial charge on any atom is -0.485 e. The molecule has 2 aromatic rings. The molecule has 0 aromatic heterocycles. The number of para-hydroxylation sites is 2. The molecule has 1 amide bonds. The van der Waals surface area contributed by atoms with E-state index in [1.807, 2.05) is 6.07 Å². The zero-order valence-corrected chi connectivity index (χ0v) is 19.5. The highest BCUT2D eigenvalue weighted by atomic mass is 79.9. The van der Waals surface area contributed by atoms with Crippen molar-refractivity contribution in [2.75, 3.05) is 32.8 Å². The van der Waals surface area contributed by atoms with Gasteiger partial charge in [-0.3, -0.25) is 4.79 Å². The Morgan fingerprint density at radius 2 is 1.63 bits per heavy atom. The zero-order valence-electron chi connectivity index (χ0n) is 15.6. The molecule has 11 heteroatoms. The Morgan fingerprint density at radius 1 is 1.03 bits per heavy atom. The van der Waals surface area contributed by atoms with Gasteiger partial charge in [-0.1, -0.05) is 51.3 Å². The normalized spacial score (nSPS) is 19.6. The van der Waals surface area contributed by atoms with Gasteiger partial charge in [0.2, 0.25) is 16.1 Å². The van der Waals surface area contributed by atoms with Gasteiger partial charge in [-0.15, -0.1) is 0 Å². The van der Waals surface area contributed by atoms with Crippen LogP contribution in [0.4, 0.5) is 0 Å². The molecule has 1 fully saturated rings. The summed E-state index contributed by atoms with van der Waals surface area (Å²) in [6, 6.07) is 10.1. The van der Waals surface area contributed by atoms with E-state index in [1.165, 1.54) is 16.4 Å². The minimum absolute atomic E-state index is 0.0410. The number of sulfonamides is 1. The third-order valence-corrected chi connectivity index (χ3v) is 8.17. The van der Waals surface area contributed by atoms with Crippen molar-refractivity contribution in [1.82, 2.24) is 9.21 Å². The third kappa shape index (κ3) is 4.13. The molecule has 0 saturated carbocycles. The molecule has 0 radical (unpaired) electrons. The molecule has 0 N–H and O–H groups in total. The van der Waals surface area contributed by atoms with Gasteiger partial charge in [0.15, 0.2) is 11.5 Å². The van der Waals surface area contributed by atoms with Gasteiger partial charge < -0.3 is 14.4 Å². The summed E-state index contributed by atoms with van der Waals surface area (Å²) in [6.45, 7) is 0.817. The number of fused-ring (bicyclic) bond motifs is 1. The fourth-order valence-corrected chi connectivity index (χ4v) is 6.70. The van der Waals surface area contributed by atoms with Gasteiger partial charge >= 0.3 is 0 Å². The van der Waals surface area contributed by atoms with Gasteiger partial charge in [0.05, 0.1) is 10.0 Å². The number of rotatable bonds is 3. The Kier molecular flexibility index (Phi) is 6.18. The lowest BCUT2D eigenvalue weighted by Crippen LogP contribution is -2.55. The van der Waals surface area contributed by atoms with Crippen molar-refractivity contribution in [3.8, 4) is 11.5 Å². The molecule has 0 unspecified atom stereocenters. The van der Waals surface area contributed by atoms with Gasteiger partial charge in [-0.05, 0) is 24.3 Å². The van der Waals surface area contributed by atoms with Crippen molar-refractivity contribution < 1.29 is 22.7 Å². The van der Waals surface area contributed by atoms with Crippen LogP contribution < -0.4 is 9.47 Å². The number of piperazine rings is 1. The molecule has 2 aliphatic rings. The van der Waals surface area contributed by atoms with E-state index in [0.29, 0.717) is 16.0 Å². The SMILES string of the molecule is O=C([C@H]1COc2ccccc2O1)N1CCN(S(=O)(=O)c2c(Cl)cc(Br)cc2Cl)CC1. The second kappa shape index (κ2) is 8.55. The number of hydrogen-bond donors (Lipinski definition) is 0. The lowest BCUT2D eigenvalue weighted by molar-refractivity contribution is -0.142. The predicted octanol–water partition coefficient (Wildman–Crippen LogP) is 3.43. The van der Waals surface area contributed by atoms with Crippen molar-refractivity contribution in [3.05, 3.63) is 50.9 Å². The van der Waals surface area contributed by atoms with Crippen LogP contribution in [0.25, 0.3) is 0 Å². The van der Waals surface area contributed by atoms with Crippen LogP contribution in [0.2, 0.25) is 10.0 Å². The summed E-state index contributed by atoms with van der Waals surface area (Å²) in [4.78, 5) is 14.3. The molecule has 2 heterocycles. The van der Waals surface area contributed by atoms with Crippen LogP contribution in [-0.2, 0) is 14.8 Å². The van der Waals surface area contributed by atoms with E-state index < -0.39 is 16.1 Å². The number of halogens is 3. The highest BCUT2D eigenvalue weighted by molar-refractivity contribution is 9.10. The average molecular weight is 536 g/mol. The highest BCUT2D eigenvalue weighted by Gasteiger charge is 2.36. The molecule has 0 spiro atoms. The van der Waals surface area contributed by atoms with E-state index in [2.05, 4.69) is 15.9 Å². The molecular weight excluding hydrogens is 519 g/mol. The van der Waals surface area contributed by atoms with Gasteiger partial charge in [0, 0.05) is 30.7 Å². The number of carbonyl (C=O) groups is 1. The Balaban J connectivity index is 1.43. The van der Waals surface area contributed by atoms with Crippen molar-refractivity contribution in [3.63, 3.8) is 0 Å². The molecule has 1 atom stereocenters. The molecule has 2 aliphatic heterocycles. The monoisotopic (exact) mass is 534 g/mol. The van der Waals surface area contributed by atoms with E-state index in [0.717, 1.165) is 0 Å². The minimum atomic E-state index is -3.90. The summed E-state index contributed by atoms with van der Waals surface area (Å²) in [6.07, 6.45) is -0.765. The van der Waals surface area contributed by atoms with Gasteiger partial charge in [0.1, 0.15) is 11.5 Å². The van der Waals surface area contributed by atoms with Gasteiger partial charge in [-0.2, -0.15) is 4.31 Å². The van der Waals surface area contributed by atoms with E-state index in [9.17, 15) is 13.2 Å². The quantitative estimate of drug-likeness (QED) is 0.602. The van der Waals surface area contributed by atoms with Gasteiger partial charge in [-0.25, -0.2) is 8.42 Å². The number of amides is 1. The first-order valence-corrected chi connectivity index (χ1v) is 12.1. The Morgan fingerprint density at radius 3 is 2.27 bits per heavy atom. The second-order valence-electron chi connectivity index (χ2n) is 6.79. The molecule has 1 saturated heterocycles. The second-order valence-corrected chi connectivity index (χ2v) is 10.4. The first kappa shape index (κ1) is 21.7. The first-order chi connectivity index (χ1) is 14.3. The molecule has 160 valence electrons. The van der Waals surface area contributed by atoms with Gasteiger partial charge in [0.25, 0.3) is 5.91 Å². The van der Waals surface area contributed by atoms with Crippen molar-refractivity contribution in [1.29, 1.82) is 0 Å². The summed E-state index contributed by atoms with van der Waals surface area (Å²) in [5, 5.41) is 0.0820.